The van der Waals surface area contributed by atoms with Crippen LogP contribution in [-0.2, 0) is 4.79 Å². The van der Waals surface area contributed by atoms with Crippen molar-refractivity contribution in [3.8, 4) is 0 Å². The van der Waals surface area contributed by atoms with E-state index in [-0.39, 0.29) is 0 Å². The van der Waals surface area contributed by atoms with E-state index in [1.807, 2.05) is 18.2 Å². The fourth-order valence-electron chi connectivity index (χ4n) is 0.534. The molecule has 2 heteroatoms. The minimum absolute atomic E-state index is 0.833. The molecule has 0 fully saturated rings. The molecule has 0 heterocycles. The first-order valence-corrected chi connectivity index (χ1v) is 4.04. The number of hydrogen-bond acceptors (Lipinski definition) is 1. The van der Waals surface area contributed by atoms with Crippen LogP contribution < -0.4 is 0 Å². The summed E-state index contributed by atoms with van der Waals surface area (Å²) in [4.78, 5) is 9.25. The number of carboxylic acids is 1. The van der Waals surface area contributed by atoms with Crippen LogP contribution in [0.3, 0.4) is 0 Å². The summed E-state index contributed by atoms with van der Waals surface area (Å²) in [6.45, 7) is 11.0. The molecule has 2 nitrogen and oxygen atoms in total. The molecule has 0 saturated heterocycles. The molecule has 1 rings (SSSR count). The minimum atomic E-state index is -0.981. The van der Waals surface area contributed by atoms with Crippen molar-refractivity contribution in [2.24, 2.45) is 0 Å². The van der Waals surface area contributed by atoms with E-state index in [2.05, 4.69) is 38.8 Å². The molecule has 0 unspecified atom stereocenters. The molecule has 76 valence electrons. The SMILES string of the molecule is C=C.C=CC(=O)O.Cc1ccccc1. The first-order valence-electron chi connectivity index (χ1n) is 4.04. The van der Waals surface area contributed by atoms with Crippen molar-refractivity contribution < 1.29 is 9.90 Å². The largest absolute Gasteiger partial charge is 0.478 e. The number of benzene rings is 1. The van der Waals surface area contributed by atoms with Crippen LogP contribution in [0.4, 0.5) is 0 Å². The van der Waals surface area contributed by atoms with Gasteiger partial charge in [-0.3, -0.25) is 0 Å². The Morgan fingerprint density at radius 1 is 1.29 bits per heavy atom. The lowest BCUT2D eigenvalue weighted by molar-refractivity contribution is -0.131. The highest BCUT2D eigenvalue weighted by atomic mass is 16.4. The van der Waals surface area contributed by atoms with Crippen LogP contribution in [0.15, 0.2) is 56.1 Å². The standard InChI is InChI=1S/C7H8.C3H4O2.C2H4/c1-7-5-3-2-4-6-7;1-2-3(4)5;1-2/h2-6H,1H3;2H,1H2,(H,4,5);1-2H2. The highest BCUT2D eigenvalue weighted by Gasteiger charge is 1.73. The van der Waals surface area contributed by atoms with E-state index in [9.17, 15) is 4.79 Å². The molecule has 0 radical (unpaired) electrons. The molecule has 14 heavy (non-hydrogen) atoms. The topological polar surface area (TPSA) is 37.3 Å². The Balaban J connectivity index is 0. The lowest BCUT2D eigenvalue weighted by atomic mass is 10.2. The summed E-state index contributed by atoms with van der Waals surface area (Å²) in [6, 6.07) is 10.3. The fraction of sp³-hybridized carbons (Fsp3) is 0.0833. The van der Waals surface area contributed by atoms with Gasteiger partial charge >= 0.3 is 5.97 Å². The van der Waals surface area contributed by atoms with Gasteiger partial charge in [0.05, 0.1) is 0 Å². The number of hydrogen-bond donors (Lipinski definition) is 1. The molecule has 0 amide bonds. The summed E-state index contributed by atoms with van der Waals surface area (Å²) in [7, 11) is 0. The van der Waals surface area contributed by atoms with Gasteiger partial charge in [0.2, 0.25) is 0 Å². The van der Waals surface area contributed by atoms with Crippen LogP contribution in [0.2, 0.25) is 0 Å². The van der Waals surface area contributed by atoms with Gasteiger partial charge < -0.3 is 5.11 Å². The number of rotatable bonds is 1. The van der Waals surface area contributed by atoms with Crippen molar-refractivity contribution in [2.75, 3.05) is 0 Å². The van der Waals surface area contributed by atoms with Gasteiger partial charge in [-0.15, -0.1) is 13.2 Å². The molecule has 0 aromatic heterocycles. The Labute approximate surface area is 85.2 Å². The molecule has 0 aliphatic rings. The Morgan fingerprint density at radius 2 is 1.64 bits per heavy atom. The van der Waals surface area contributed by atoms with Crippen LogP contribution in [0.1, 0.15) is 5.56 Å². The average Bonchev–Trinajstić information content (AvgIpc) is 2.23. The summed E-state index contributed by atoms with van der Waals surface area (Å²) in [5, 5.41) is 7.60. The van der Waals surface area contributed by atoms with Crippen LogP contribution in [0, 0.1) is 6.92 Å². The molecule has 0 bridgehead atoms. The smallest absolute Gasteiger partial charge is 0.327 e. The average molecular weight is 192 g/mol. The minimum Gasteiger partial charge on any atom is -0.478 e. The monoisotopic (exact) mass is 192 g/mol. The molecule has 0 atom stereocenters. The molecule has 0 spiro atoms. The zero-order valence-corrected chi connectivity index (χ0v) is 8.44. The molecule has 1 aromatic carbocycles. The van der Waals surface area contributed by atoms with Crippen molar-refractivity contribution in [3.05, 3.63) is 61.7 Å². The van der Waals surface area contributed by atoms with Crippen molar-refractivity contribution in [1.29, 1.82) is 0 Å². The third-order valence-corrected chi connectivity index (χ3v) is 1.12. The van der Waals surface area contributed by atoms with E-state index >= 15 is 0 Å². The van der Waals surface area contributed by atoms with Gasteiger partial charge in [0, 0.05) is 6.08 Å². The first-order chi connectivity index (χ1) is 6.66. The Bertz CT molecular complexity index is 252. The number of carbonyl (C=O) groups is 1. The molecule has 0 saturated carbocycles. The molecule has 0 aliphatic heterocycles. The lowest BCUT2D eigenvalue weighted by Crippen LogP contribution is -1.82. The van der Waals surface area contributed by atoms with Crippen LogP contribution in [0.25, 0.3) is 0 Å². The van der Waals surface area contributed by atoms with Gasteiger partial charge in [-0.1, -0.05) is 42.5 Å². The predicted octanol–water partition coefficient (Wildman–Crippen LogP) is 3.05. The second-order valence-corrected chi connectivity index (χ2v) is 2.20. The summed E-state index contributed by atoms with van der Waals surface area (Å²) in [5.74, 6) is -0.981. The van der Waals surface area contributed by atoms with Crippen LogP contribution in [-0.4, -0.2) is 11.1 Å². The summed E-state index contributed by atoms with van der Waals surface area (Å²) >= 11 is 0. The van der Waals surface area contributed by atoms with Crippen molar-refractivity contribution in [2.45, 2.75) is 6.92 Å². The van der Waals surface area contributed by atoms with Crippen molar-refractivity contribution >= 4 is 5.97 Å². The quantitative estimate of drug-likeness (QED) is 0.548. The normalized spacial score (nSPS) is 6.93. The molecule has 1 aromatic rings. The summed E-state index contributed by atoms with van der Waals surface area (Å²) in [6.07, 6.45) is 0.833. The Morgan fingerprint density at radius 3 is 1.79 bits per heavy atom. The third-order valence-electron chi connectivity index (χ3n) is 1.12. The molecular weight excluding hydrogens is 176 g/mol. The van der Waals surface area contributed by atoms with Gasteiger partial charge in [0.25, 0.3) is 0 Å². The zero-order chi connectivity index (χ0) is 11.4. The number of aliphatic carboxylic acids is 1. The second-order valence-electron chi connectivity index (χ2n) is 2.20. The Kier molecular flexibility index (Phi) is 11.7. The second kappa shape index (κ2) is 11.2. The van der Waals surface area contributed by atoms with Gasteiger partial charge in [-0.05, 0) is 6.92 Å². The fourth-order valence-corrected chi connectivity index (χ4v) is 0.534. The lowest BCUT2D eigenvalue weighted by Gasteiger charge is -1.82. The number of aryl methyl sites for hydroxylation is 1. The maximum atomic E-state index is 9.25. The highest BCUT2D eigenvalue weighted by Crippen LogP contribution is 1.92. The molecule has 0 aliphatic carbocycles. The highest BCUT2D eigenvalue weighted by molar-refractivity contribution is 5.78. The third kappa shape index (κ3) is 12.8. The maximum Gasteiger partial charge on any atom is 0.327 e. The number of carboxylic acid groups (broad SMARTS) is 1. The van der Waals surface area contributed by atoms with E-state index in [1.54, 1.807) is 0 Å². The molecular formula is C12H16O2. The Hall–Kier alpha value is -1.83. The predicted molar refractivity (Wildman–Crippen MR) is 60.3 cm³/mol. The van der Waals surface area contributed by atoms with Crippen LogP contribution in [0.5, 0.6) is 0 Å². The van der Waals surface area contributed by atoms with E-state index in [0.717, 1.165) is 6.08 Å². The van der Waals surface area contributed by atoms with Gasteiger partial charge in [0.15, 0.2) is 0 Å². The summed E-state index contributed by atoms with van der Waals surface area (Å²) in [5.41, 5.74) is 1.32. The summed E-state index contributed by atoms with van der Waals surface area (Å²) < 4.78 is 0. The van der Waals surface area contributed by atoms with Gasteiger partial charge in [0.1, 0.15) is 0 Å². The maximum absolute atomic E-state index is 9.25. The van der Waals surface area contributed by atoms with Crippen LogP contribution >= 0.6 is 0 Å². The van der Waals surface area contributed by atoms with E-state index in [4.69, 9.17) is 5.11 Å². The van der Waals surface area contributed by atoms with Gasteiger partial charge in [-0.2, -0.15) is 0 Å². The van der Waals surface area contributed by atoms with E-state index < -0.39 is 5.97 Å². The van der Waals surface area contributed by atoms with E-state index in [0.29, 0.717) is 0 Å². The van der Waals surface area contributed by atoms with E-state index in [1.165, 1.54) is 5.56 Å². The van der Waals surface area contributed by atoms with Gasteiger partial charge in [-0.25, -0.2) is 4.79 Å². The zero-order valence-electron chi connectivity index (χ0n) is 8.44. The molecule has 1 N–H and O–H groups in total. The first kappa shape index (κ1) is 14.7. The van der Waals surface area contributed by atoms with Crippen molar-refractivity contribution in [1.82, 2.24) is 0 Å². The van der Waals surface area contributed by atoms with Crippen molar-refractivity contribution in [3.63, 3.8) is 0 Å².